The quantitative estimate of drug-likeness (QED) is 0.731. The molecule has 0 saturated carbocycles. The first-order valence-corrected chi connectivity index (χ1v) is 8.36. The fraction of sp³-hybridized carbons (Fsp3) is 0.316. The fourth-order valence-electron chi connectivity index (χ4n) is 2.38. The summed E-state index contributed by atoms with van der Waals surface area (Å²) in [5, 5.41) is 3.27. The van der Waals surface area contributed by atoms with Gasteiger partial charge >= 0.3 is 0 Å². The van der Waals surface area contributed by atoms with Crippen LogP contribution in [0.3, 0.4) is 0 Å². The van der Waals surface area contributed by atoms with Gasteiger partial charge in [-0.25, -0.2) is 0 Å². The number of nitrogens with one attached hydrogen (secondary N) is 1. The molecule has 0 heterocycles. The smallest absolute Gasteiger partial charge is 0.251 e. The van der Waals surface area contributed by atoms with Crippen LogP contribution in [-0.2, 0) is 6.42 Å². The molecule has 0 fully saturated rings. The summed E-state index contributed by atoms with van der Waals surface area (Å²) in [5.41, 5.74) is 1.72. The molecule has 4 nitrogen and oxygen atoms in total. The van der Waals surface area contributed by atoms with Gasteiger partial charge in [-0.1, -0.05) is 41.9 Å². The van der Waals surface area contributed by atoms with E-state index in [4.69, 9.17) is 21.1 Å². The summed E-state index contributed by atoms with van der Waals surface area (Å²) in [4.78, 5) is 12.3. The van der Waals surface area contributed by atoms with E-state index in [0.29, 0.717) is 35.2 Å². The maximum absolute atomic E-state index is 12.3. The highest BCUT2D eigenvalue weighted by Gasteiger charge is 2.15. The average Bonchev–Trinajstić information content (AvgIpc) is 2.61. The molecule has 0 spiro atoms. The minimum absolute atomic E-state index is 0.175. The lowest BCUT2D eigenvalue weighted by molar-refractivity contribution is 0.0953. The van der Waals surface area contributed by atoms with Crippen molar-refractivity contribution in [2.24, 2.45) is 0 Å². The highest BCUT2D eigenvalue weighted by atomic mass is 35.5. The van der Waals surface area contributed by atoms with Gasteiger partial charge in [-0.15, -0.1) is 0 Å². The molecule has 24 heavy (non-hydrogen) atoms. The largest absolute Gasteiger partial charge is 0.493 e. The molecular weight excluding hydrogens is 326 g/mol. The predicted molar refractivity (Wildman–Crippen MR) is 96.3 cm³/mol. The molecule has 128 valence electrons. The predicted octanol–water partition coefficient (Wildman–Crippen LogP) is 4.11. The number of rotatable bonds is 8. The van der Waals surface area contributed by atoms with E-state index in [2.05, 4.69) is 17.4 Å². The Balaban J connectivity index is 1.93. The third kappa shape index (κ3) is 4.90. The Bertz CT molecular complexity index is 674. The number of amides is 1. The molecule has 1 amide bonds. The zero-order valence-corrected chi connectivity index (χ0v) is 14.7. The summed E-state index contributed by atoms with van der Waals surface area (Å²) in [6.07, 6.45) is 1.80. The maximum atomic E-state index is 12.3. The Morgan fingerprint density at radius 1 is 1.21 bits per heavy atom. The van der Waals surface area contributed by atoms with Gasteiger partial charge in [-0.3, -0.25) is 4.79 Å². The second-order valence-electron chi connectivity index (χ2n) is 5.27. The van der Waals surface area contributed by atoms with Crippen LogP contribution in [0, 0.1) is 0 Å². The van der Waals surface area contributed by atoms with Crippen molar-refractivity contribution in [3.8, 4) is 11.5 Å². The summed E-state index contributed by atoms with van der Waals surface area (Å²) >= 11 is 6.19. The lowest BCUT2D eigenvalue weighted by Crippen LogP contribution is -2.24. The summed E-state index contributed by atoms with van der Waals surface area (Å²) < 4.78 is 10.7. The van der Waals surface area contributed by atoms with Crippen LogP contribution in [0.2, 0.25) is 5.02 Å². The summed E-state index contributed by atoms with van der Waals surface area (Å²) in [7, 11) is 1.52. The SMILES string of the molecule is CCOc1c(Cl)cc(C(=O)NCCCc2ccccc2)cc1OC. The van der Waals surface area contributed by atoms with Gasteiger partial charge in [-0.05, 0) is 37.5 Å². The zero-order valence-electron chi connectivity index (χ0n) is 14.0. The van der Waals surface area contributed by atoms with E-state index in [0.717, 1.165) is 12.8 Å². The number of hydrogen-bond donors (Lipinski definition) is 1. The minimum atomic E-state index is -0.175. The molecule has 0 bridgehead atoms. The second-order valence-corrected chi connectivity index (χ2v) is 5.67. The Morgan fingerprint density at radius 2 is 1.96 bits per heavy atom. The molecule has 2 aromatic carbocycles. The number of carbonyl (C=O) groups excluding carboxylic acids is 1. The molecule has 0 aliphatic carbocycles. The van der Waals surface area contributed by atoms with Crippen molar-refractivity contribution < 1.29 is 14.3 Å². The molecule has 0 radical (unpaired) electrons. The van der Waals surface area contributed by atoms with Gasteiger partial charge in [0.1, 0.15) is 0 Å². The van der Waals surface area contributed by atoms with E-state index in [1.54, 1.807) is 12.1 Å². The number of ether oxygens (including phenoxy) is 2. The van der Waals surface area contributed by atoms with Crippen LogP contribution in [0.5, 0.6) is 11.5 Å². The van der Waals surface area contributed by atoms with Gasteiger partial charge < -0.3 is 14.8 Å². The molecule has 0 aromatic heterocycles. The van der Waals surface area contributed by atoms with E-state index < -0.39 is 0 Å². The number of halogens is 1. The minimum Gasteiger partial charge on any atom is -0.493 e. The number of carbonyl (C=O) groups is 1. The van der Waals surface area contributed by atoms with Crippen LogP contribution in [0.25, 0.3) is 0 Å². The van der Waals surface area contributed by atoms with E-state index >= 15 is 0 Å². The number of hydrogen-bond acceptors (Lipinski definition) is 3. The number of methoxy groups -OCH3 is 1. The van der Waals surface area contributed by atoms with Crippen molar-refractivity contribution in [2.45, 2.75) is 19.8 Å². The van der Waals surface area contributed by atoms with Crippen LogP contribution >= 0.6 is 11.6 Å². The monoisotopic (exact) mass is 347 g/mol. The Hall–Kier alpha value is -2.20. The third-order valence-corrected chi connectivity index (χ3v) is 3.83. The first-order valence-electron chi connectivity index (χ1n) is 7.98. The molecule has 1 N–H and O–H groups in total. The van der Waals surface area contributed by atoms with Gasteiger partial charge in [0.15, 0.2) is 11.5 Å². The van der Waals surface area contributed by atoms with Crippen LogP contribution in [0.15, 0.2) is 42.5 Å². The molecule has 2 aromatic rings. The van der Waals surface area contributed by atoms with E-state index in [1.165, 1.54) is 12.7 Å². The van der Waals surface area contributed by atoms with Crippen molar-refractivity contribution in [1.29, 1.82) is 0 Å². The molecule has 0 aliphatic heterocycles. The van der Waals surface area contributed by atoms with Gasteiger partial charge in [0, 0.05) is 12.1 Å². The van der Waals surface area contributed by atoms with Gasteiger partial charge in [-0.2, -0.15) is 0 Å². The summed E-state index contributed by atoms with van der Waals surface area (Å²) in [6, 6.07) is 13.4. The number of benzene rings is 2. The average molecular weight is 348 g/mol. The maximum Gasteiger partial charge on any atom is 0.251 e. The number of aryl methyl sites for hydroxylation is 1. The fourth-order valence-corrected chi connectivity index (χ4v) is 2.64. The van der Waals surface area contributed by atoms with Crippen LogP contribution in [0.4, 0.5) is 0 Å². The van der Waals surface area contributed by atoms with Crippen molar-refractivity contribution in [1.82, 2.24) is 5.32 Å². The summed E-state index contributed by atoms with van der Waals surface area (Å²) in [5.74, 6) is 0.743. The molecule has 0 saturated heterocycles. The standard InChI is InChI=1S/C19H22ClNO3/c1-3-24-18-16(20)12-15(13-17(18)23-2)19(22)21-11-7-10-14-8-5-4-6-9-14/h4-6,8-9,12-13H,3,7,10-11H2,1-2H3,(H,21,22). The van der Waals surface area contributed by atoms with Crippen LogP contribution < -0.4 is 14.8 Å². The Kier molecular flexibility index (Phi) is 6.94. The van der Waals surface area contributed by atoms with Crippen molar-refractivity contribution >= 4 is 17.5 Å². The van der Waals surface area contributed by atoms with E-state index in [1.807, 2.05) is 25.1 Å². The Morgan fingerprint density at radius 3 is 2.62 bits per heavy atom. The first kappa shape index (κ1) is 18.1. The van der Waals surface area contributed by atoms with Gasteiger partial charge in [0.2, 0.25) is 0 Å². The van der Waals surface area contributed by atoms with Crippen molar-refractivity contribution in [3.63, 3.8) is 0 Å². The zero-order chi connectivity index (χ0) is 17.4. The topological polar surface area (TPSA) is 47.6 Å². The highest BCUT2D eigenvalue weighted by molar-refractivity contribution is 6.32. The van der Waals surface area contributed by atoms with Gasteiger partial charge in [0.25, 0.3) is 5.91 Å². The van der Waals surface area contributed by atoms with Crippen molar-refractivity contribution in [3.05, 3.63) is 58.6 Å². The lowest BCUT2D eigenvalue weighted by atomic mass is 10.1. The normalized spacial score (nSPS) is 10.3. The lowest BCUT2D eigenvalue weighted by Gasteiger charge is -2.13. The third-order valence-electron chi connectivity index (χ3n) is 3.55. The second kappa shape index (κ2) is 9.18. The summed E-state index contributed by atoms with van der Waals surface area (Å²) in [6.45, 7) is 2.94. The van der Waals surface area contributed by atoms with E-state index in [-0.39, 0.29) is 5.91 Å². The molecule has 0 atom stereocenters. The Labute approximate surface area is 147 Å². The van der Waals surface area contributed by atoms with Crippen LogP contribution in [-0.4, -0.2) is 26.2 Å². The van der Waals surface area contributed by atoms with Crippen molar-refractivity contribution in [2.75, 3.05) is 20.3 Å². The molecule has 0 aliphatic rings. The molecule has 5 heteroatoms. The van der Waals surface area contributed by atoms with Gasteiger partial charge in [0.05, 0.1) is 18.7 Å². The molecular formula is C19H22ClNO3. The molecule has 2 rings (SSSR count). The highest BCUT2D eigenvalue weighted by Crippen LogP contribution is 2.36. The first-order chi connectivity index (χ1) is 11.7. The van der Waals surface area contributed by atoms with Crippen LogP contribution in [0.1, 0.15) is 29.3 Å². The molecule has 0 unspecified atom stereocenters. The van der Waals surface area contributed by atoms with E-state index in [9.17, 15) is 4.79 Å².